The predicted octanol–water partition coefficient (Wildman–Crippen LogP) is 1.48. The van der Waals surface area contributed by atoms with Gasteiger partial charge in [0.25, 0.3) is 0 Å². The van der Waals surface area contributed by atoms with Gasteiger partial charge in [0.05, 0.1) is 12.2 Å². The summed E-state index contributed by atoms with van der Waals surface area (Å²) in [4.78, 5) is 16.5. The molecule has 1 amide bonds. The molecule has 0 unspecified atom stereocenters. The molecule has 5 nitrogen and oxygen atoms in total. The predicted molar refractivity (Wildman–Crippen MR) is 77.7 cm³/mol. The number of amides is 1. The van der Waals surface area contributed by atoms with Crippen LogP contribution in [0, 0.1) is 0 Å². The van der Waals surface area contributed by atoms with Gasteiger partial charge in [0, 0.05) is 12.6 Å². The highest BCUT2D eigenvalue weighted by Crippen LogP contribution is 2.22. The molecule has 2 rings (SSSR count). The Labute approximate surface area is 116 Å². The first kappa shape index (κ1) is 14.0. The van der Waals surface area contributed by atoms with Crippen LogP contribution in [0.5, 0.6) is 0 Å². The molecule has 3 N–H and O–H groups in total. The van der Waals surface area contributed by atoms with E-state index in [1.54, 1.807) is 6.21 Å². The van der Waals surface area contributed by atoms with Crippen LogP contribution in [-0.2, 0) is 11.3 Å². The number of aliphatic hydroxyl groups is 1. The number of nitrogens with zero attached hydrogens (tertiary/aromatic N) is 1. The molecule has 0 saturated carbocycles. The van der Waals surface area contributed by atoms with Crippen molar-refractivity contribution in [2.75, 3.05) is 13.2 Å². The number of hydrogen-bond donors (Lipinski definition) is 2. The summed E-state index contributed by atoms with van der Waals surface area (Å²) < 4.78 is 0. The molecular formula is C15H16N2O3. The Bertz CT molecular complexity index is 638. The lowest BCUT2D eigenvalue weighted by Crippen LogP contribution is -2.14. The first-order valence-electron chi connectivity index (χ1n) is 6.29. The molecule has 0 aliphatic carbocycles. The fourth-order valence-electron chi connectivity index (χ4n) is 2.06. The number of fused-ring (bicyclic) bond motifs is 1. The number of benzene rings is 2. The van der Waals surface area contributed by atoms with Crippen molar-refractivity contribution in [3.05, 3.63) is 47.5 Å². The van der Waals surface area contributed by atoms with Crippen molar-refractivity contribution >= 4 is 22.9 Å². The lowest BCUT2D eigenvalue weighted by molar-refractivity contribution is 0.0993. The third-order valence-corrected chi connectivity index (χ3v) is 2.90. The van der Waals surface area contributed by atoms with Gasteiger partial charge in [0.2, 0.25) is 5.91 Å². The lowest BCUT2D eigenvalue weighted by atomic mass is 9.97. The van der Waals surface area contributed by atoms with E-state index in [1.165, 1.54) is 0 Å². The Morgan fingerprint density at radius 3 is 2.85 bits per heavy atom. The van der Waals surface area contributed by atoms with Crippen LogP contribution < -0.4 is 5.73 Å². The van der Waals surface area contributed by atoms with Gasteiger partial charge in [0.15, 0.2) is 0 Å². The van der Waals surface area contributed by atoms with Crippen LogP contribution in [-0.4, -0.2) is 30.4 Å². The second kappa shape index (κ2) is 6.68. The third-order valence-electron chi connectivity index (χ3n) is 2.90. The molecule has 0 bridgehead atoms. The second-order valence-electron chi connectivity index (χ2n) is 4.23. The maximum Gasteiger partial charge on any atom is 0.249 e. The van der Waals surface area contributed by atoms with Crippen LogP contribution in [0.4, 0.5) is 0 Å². The Morgan fingerprint density at radius 2 is 2.10 bits per heavy atom. The van der Waals surface area contributed by atoms with Crippen molar-refractivity contribution in [3.63, 3.8) is 0 Å². The average molecular weight is 272 g/mol. The Hall–Kier alpha value is -2.40. The number of rotatable bonds is 6. The molecule has 2 aromatic rings. The molecule has 0 spiro atoms. The van der Waals surface area contributed by atoms with E-state index in [-0.39, 0.29) is 13.2 Å². The standard InChI is InChI=1S/C15H16N2O3/c16-15(19)14-12(7-8-17-20-10-9-18)6-5-11-3-1-2-4-13(11)14/h1-6,8,18H,7,9-10H2,(H2,16,19). The number of oxime groups is 1. The minimum atomic E-state index is -0.457. The highest BCUT2D eigenvalue weighted by atomic mass is 16.6. The molecule has 0 radical (unpaired) electrons. The zero-order valence-electron chi connectivity index (χ0n) is 11.0. The van der Waals surface area contributed by atoms with E-state index < -0.39 is 5.91 Å². The summed E-state index contributed by atoms with van der Waals surface area (Å²) in [5.41, 5.74) is 6.79. The van der Waals surface area contributed by atoms with Crippen LogP contribution in [0.25, 0.3) is 10.8 Å². The highest BCUT2D eigenvalue weighted by Gasteiger charge is 2.11. The number of primary amides is 1. The Morgan fingerprint density at radius 1 is 1.30 bits per heavy atom. The second-order valence-corrected chi connectivity index (χ2v) is 4.23. The summed E-state index contributed by atoms with van der Waals surface area (Å²) in [5.74, 6) is -0.457. The Balaban J connectivity index is 2.31. The van der Waals surface area contributed by atoms with E-state index in [0.717, 1.165) is 16.3 Å². The van der Waals surface area contributed by atoms with Gasteiger partial charge < -0.3 is 15.7 Å². The summed E-state index contributed by atoms with van der Waals surface area (Å²) in [7, 11) is 0. The van der Waals surface area contributed by atoms with Crippen molar-refractivity contribution in [3.8, 4) is 0 Å². The summed E-state index contributed by atoms with van der Waals surface area (Å²) in [6.45, 7) is 0.0662. The largest absolute Gasteiger partial charge is 0.394 e. The minimum Gasteiger partial charge on any atom is -0.394 e. The van der Waals surface area contributed by atoms with Crippen LogP contribution >= 0.6 is 0 Å². The maximum atomic E-state index is 11.7. The number of carbonyl (C=O) groups is 1. The summed E-state index contributed by atoms with van der Waals surface area (Å²) in [6.07, 6.45) is 1.99. The van der Waals surface area contributed by atoms with E-state index in [9.17, 15) is 4.79 Å². The lowest BCUT2D eigenvalue weighted by Gasteiger charge is -2.08. The molecule has 0 aromatic heterocycles. The molecule has 0 aliphatic heterocycles. The number of nitrogens with two attached hydrogens (primary N) is 1. The first-order chi connectivity index (χ1) is 9.74. The van der Waals surface area contributed by atoms with Gasteiger partial charge in [0.1, 0.15) is 6.61 Å². The van der Waals surface area contributed by atoms with E-state index in [1.807, 2.05) is 36.4 Å². The van der Waals surface area contributed by atoms with Gasteiger partial charge in [-0.2, -0.15) is 0 Å². The van der Waals surface area contributed by atoms with Gasteiger partial charge >= 0.3 is 0 Å². The van der Waals surface area contributed by atoms with Crippen LogP contribution in [0.1, 0.15) is 15.9 Å². The number of aliphatic hydroxyl groups excluding tert-OH is 1. The van der Waals surface area contributed by atoms with Crippen molar-refractivity contribution in [1.29, 1.82) is 0 Å². The molecule has 0 atom stereocenters. The van der Waals surface area contributed by atoms with Crippen molar-refractivity contribution in [2.45, 2.75) is 6.42 Å². The van der Waals surface area contributed by atoms with Gasteiger partial charge in [-0.1, -0.05) is 41.6 Å². The van der Waals surface area contributed by atoms with Gasteiger partial charge in [-0.15, -0.1) is 0 Å². The van der Waals surface area contributed by atoms with Crippen LogP contribution in [0.2, 0.25) is 0 Å². The smallest absolute Gasteiger partial charge is 0.249 e. The van der Waals surface area contributed by atoms with Crippen molar-refractivity contribution in [2.24, 2.45) is 10.9 Å². The fourth-order valence-corrected chi connectivity index (χ4v) is 2.06. The zero-order chi connectivity index (χ0) is 14.4. The molecule has 104 valence electrons. The zero-order valence-corrected chi connectivity index (χ0v) is 11.0. The number of hydrogen-bond acceptors (Lipinski definition) is 4. The molecule has 0 saturated heterocycles. The molecule has 5 heteroatoms. The van der Waals surface area contributed by atoms with E-state index >= 15 is 0 Å². The monoisotopic (exact) mass is 272 g/mol. The Kier molecular flexibility index (Phi) is 4.68. The molecule has 20 heavy (non-hydrogen) atoms. The van der Waals surface area contributed by atoms with Crippen LogP contribution in [0.15, 0.2) is 41.6 Å². The van der Waals surface area contributed by atoms with Crippen molar-refractivity contribution in [1.82, 2.24) is 0 Å². The average Bonchev–Trinajstić information content (AvgIpc) is 2.46. The summed E-state index contributed by atoms with van der Waals surface area (Å²) in [5, 5.41) is 14.1. The molecule has 0 heterocycles. The highest BCUT2D eigenvalue weighted by molar-refractivity contribution is 6.08. The van der Waals surface area contributed by atoms with Gasteiger partial charge in [-0.05, 0) is 16.3 Å². The van der Waals surface area contributed by atoms with E-state index in [4.69, 9.17) is 15.7 Å². The van der Waals surface area contributed by atoms with E-state index in [2.05, 4.69) is 5.16 Å². The molecule has 0 aliphatic rings. The van der Waals surface area contributed by atoms with E-state index in [0.29, 0.717) is 12.0 Å². The van der Waals surface area contributed by atoms with Gasteiger partial charge in [-0.3, -0.25) is 4.79 Å². The first-order valence-corrected chi connectivity index (χ1v) is 6.29. The molecule has 2 aromatic carbocycles. The van der Waals surface area contributed by atoms with Crippen LogP contribution in [0.3, 0.4) is 0 Å². The topological polar surface area (TPSA) is 84.9 Å². The molecular weight excluding hydrogens is 256 g/mol. The number of carbonyl (C=O) groups excluding carboxylic acids is 1. The summed E-state index contributed by atoms with van der Waals surface area (Å²) in [6, 6.07) is 11.4. The fraction of sp³-hybridized carbons (Fsp3) is 0.200. The minimum absolute atomic E-state index is 0.0835. The molecule has 0 fully saturated rings. The summed E-state index contributed by atoms with van der Waals surface area (Å²) >= 11 is 0. The SMILES string of the molecule is NC(=O)c1c(CC=NOCCO)ccc2ccccc12. The maximum absolute atomic E-state index is 11.7. The third kappa shape index (κ3) is 3.13. The van der Waals surface area contributed by atoms with Crippen molar-refractivity contribution < 1.29 is 14.7 Å². The normalized spacial score (nSPS) is 11.1. The quantitative estimate of drug-likeness (QED) is 0.474. The van der Waals surface area contributed by atoms with Gasteiger partial charge in [-0.25, -0.2) is 0 Å².